The lowest BCUT2D eigenvalue weighted by molar-refractivity contribution is -0.138. The highest BCUT2D eigenvalue weighted by Crippen LogP contribution is 2.17. The van der Waals surface area contributed by atoms with Gasteiger partial charge in [0.25, 0.3) is 0 Å². The van der Waals surface area contributed by atoms with Crippen LogP contribution in [0.25, 0.3) is 0 Å². The first-order valence-electron chi connectivity index (χ1n) is 5.35. The van der Waals surface area contributed by atoms with E-state index in [1.807, 2.05) is 27.7 Å². The SMILES string of the molecule is COC(OC)C(C)NC(=O)C(N)C(C)(C)C. The molecule has 0 bridgehead atoms. The molecule has 2 unspecified atom stereocenters. The molecule has 96 valence electrons. The molecular weight excluding hydrogens is 208 g/mol. The van der Waals surface area contributed by atoms with Gasteiger partial charge in [-0.25, -0.2) is 0 Å². The number of hydrogen-bond acceptors (Lipinski definition) is 4. The number of carbonyl (C=O) groups is 1. The lowest BCUT2D eigenvalue weighted by Gasteiger charge is -2.29. The van der Waals surface area contributed by atoms with E-state index in [0.29, 0.717) is 0 Å². The number of hydrogen-bond donors (Lipinski definition) is 2. The summed E-state index contributed by atoms with van der Waals surface area (Å²) in [4.78, 5) is 11.8. The van der Waals surface area contributed by atoms with Crippen LogP contribution in [0.3, 0.4) is 0 Å². The number of rotatable bonds is 5. The average Bonchev–Trinajstić information content (AvgIpc) is 2.16. The van der Waals surface area contributed by atoms with Gasteiger partial charge in [-0.1, -0.05) is 20.8 Å². The smallest absolute Gasteiger partial charge is 0.237 e. The molecule has 1 amide bonds. The molecule has 0 rings (SSSR count). The largest absolute Gasteiger partial charge is 0.354 e. The van der Waals surface area contributed by atoms with Crippen molar-refractivity contribution < 1.29 is 14.3 Å². The van der Waals surface area contributed by atoms with Crippen LogP contribution in [-0.4, -0.2) is 38.5 Å². The van der Waals surface area contributed by atoms with Gasteiger partial charge in [0.1, 0.15) is 0 Å². The summed E-state index contributed by atoms with van der Waals surface area (Å²) in [5.74, 6) is -0.195. The molecule has 5 nitrogen and oxygen atoms in total. The normalized spacial score (nSPS) is 16.0. The van der Waals surface area contributed by atoms with Crippen LogP contribution in [-0.2, 0) is 14.3 Å². The van der Waals surface area contributed by atoms with Crippen molar-refractivity contribution in [2.75, 3.05) is 14.2 Å². The van der Waals surface area contributed by atoms with Gasteiger partial charge in [0, 0.05) is 14.2 Å². The Morgan fingerprint density at radius 2 is 1.69 bits per heavy atom. The Labute approximate surface area is 97.7 Å². The van der Waals surface area contributed by atoms with Crippen LogP contribution in [0, 0.1) is 5.41 Å². The Morgan fingerprint density at radius 1 is 1.25 bits per heavy atom. The van der Waals surface area contributed by atoms with E-state index in [4.69, 9.17) is 15.2 Å². The minimum absolute atomic E-state index is 0.195. The minimum Gasteiger partial charge on any atom is -0.354 e. The summed E-state index contributed by atoms with van der Waals surface area (Å²) in [5, 5.41) is 2.77. The molecule has 0 spiro atoms. The van der Waals surface area contributed by atoms with Crippen molar-refractivity contribution in [1.82, 2.24) is 5.32 Å². The van der Waals surface area contributed by atoms with Gasteiger partial charge in [0.2, 0.25) is 5.91 Å². The molecule has 3 N–H and O–H groups in total. The standard InChI is InChI=1S/C11H24N2O3/c1-7(10(15-5)16-6)13-9(14)8(12)11(2,3)4/h7-8,10H,12H2,1-6H3,(H,13,14). The first-order chi connectivity index (χ1) is 7.23. The molecule has 0 fully saturated rings. The summed E-state index contributed by atoms with van der Waals surface area (Å²) in [5.41, 5.74) is 5.57. The Balaban J connectivity index is 4.34. The van der Waals surface area contributed by atoms with Gasteiger partial charge in [-0.3, -0.25) is 4.79 Å². The fraction of sp³-hybridized carbons (Fsp3) is 0.909. The van der Waals surface area contributed by atoms with E-state index in [9.17, 15) is 4.79 Å². The van der Waals surface area contributed by atoms with Crippen molar-refractivity contribution in [2.24, 2.45) is 11.1 Å². The molecule has 0 aliphatic heterocycles. The molecule has 0 radical (unpaired) electrons. The molecule has 0 aliphatic carbocycles. The minimum atomic E-state index is -0.552. The number of ether oxygens (including phenoxy) is 2. The van der Waals surface area contributed by atoms with E-state index in [1.165, 1.54) is 14.2 Å². The van der Waals surface area contributed by atoms with Crippen molar-refractivity contribution in [3.63, 3.8) is 0 Å². The summed E-state index contributed by atoms with van der Waals surface area (Å²) in [6.07, 6.45) is -0.462. The Kier molecular flexibility index (Phi) is 5.92. The number of nitrogens with one attached hydrogen (secondary N) is 1. The second kappa shape index (κ2) is 6.18. The lowest BCUT2D eigenvalue weighted by atomic mass is 9.87. The Hall–Kier alpha value is -0.650. The monoisotopic (exact) mass is 232 g/mol. The third kappa shape index (κ3) is 4.47. The molecule has 2 atom stereocenters. The van der Waals surface area contributed by atoms with E-state index in [0.717, 1.165) is 0 Å². The van der Waals surface area contributed by atoms with Gasteiger partial charge in [-0.2, -0.15) is 0 Å². The van der Waals surface area contributed by atoms with Crippen LogP contribution in [0.2, 0.25) is 0 Å². The van der Waals surface area contributed by atoms with Crippen LogP contribution in [0.1, 0.15) is 27.7 Å². The fourth-order valence-electron chi connectivity index (χ4n) is 1.28. The summed E-state index contributed by atoms with van der Waals surface area (Å²) in [6, 6.07) is -0.791. The summed E-state index contributed by atoms with van der Waals surface area (Å²) in [7, 11) is 3.06. The third-order valence-electron chi connectivity index (χ3n) is 2.46. The zero-order valence-electron chi connectivity index (χ0n) is 11.0. The first-order valence-corrected chi connectivity index (χ1v) is 5.35. The lowest BCUT2D eigenvalue weighted by Crippen LogP contribution is -2.53. The van der Waals surface area contributed by atoms with Crippen molar-refractivity contribution in [3.05, 3.63) is 0 Å². The van der Waals surface area contributed by atoms with Crippen LogP contribution in [0.5, 0.6) is 0 Å². The highest BCUT2D eigenvalue weighted by atomic mass is 16.7. The van der Waals surface area contributed by atoms with Crippen molar-refractivity contribution >= 4 is 5.91 Å². The zero-order valence-corrected chi connectivity index (χ0v) is 11.0. The van der Waals surface area contributed by atoms with Crippen LogP contribution >= 0.6 is 0 Å². The second-order valence-corrected chi connectivity index (χ2v) is 4.98. The average molecular weight is 232 g/mol. The predicted molar refractivity (Wildman–Crippen MR) is 62.8 cm³/mol. The summed E-state index contributed by atoms with van der Waals surface area (Å²) < 4.78 is 10.1. The summed E-state index contributed by atoms with van der Waals surface area (Å²) in [6.45, 7) is 7.58. The molecule has 0 heterocycles. The van der Waals surface area contributed by atoms with E-state index in [1.54, 1.807) is 0 Å². The van der Waals surface area contributed by atoms with E-state index < -0.39 is 12.3 Å². The van der Waals surface area contributed by atoms with Gasteiger partial charge in [0.05, 0.1) is 12.1 Å². The van der Waals surface area contributed by atoms with Crippen molar-refractivity contribution in [1.29, 1.82) is 0 Å². The van der Waals surface area contributed by atoms with Gasteiger partial charge in [-0.15, -0.1) is 0 Å². The third-order valence-corrected chi connectivity index (χ3v) is 2.46. The highest BCUT2D eigenvalue weighted by Gasteiger charge is 2.29. The van der Waals surface area contributed by atoms with Gasteiger partial charge < -0.3 is 20.5 Å². The Bertz CT molecular complexity index is 222. The highest BCUT2D eigenvalue weighted by molar-refractivity contribution is 5.82. The number of amides is 1. The molecular formula is C11H24N2O3. The maximum absolute atomic E-state index is 11.8. The van der Waals surface area contributed by atoms with Crippen molar-refractivity contribution in [3.8, 4) is 0 Å². The topological polar surface area (TPSA) is 73.6 Å². The van der Waals surface area contributed by atoms with Gasteiger partial charge in [-0.05, 0) is 12.3 Å². The Morgan fingerprint density at radius 3 is 2.00 bits per heavy atom. The second-order valence-electron chi connectivity index (χ2n) is 4.98. The summed E-state index contributed by atoms with van der Waals surface area (Å²) >= 11 is 0. The molecule has 0 aromatic rings. The maximum atomic E-state index is 11.8. The quantitative estimate of drug-likeness (QED) is 0.676. The molecule has 0 aromatic heterocycles. The number of nitrogens with two attached hydrogens (primary N) is 1. The van der Waals surface area contributed by atoms with Crippen LogP contribution in [0.15, 0.2) is 0 Å². The molecule has 0 saturated heterocycles. The molecule has 5 heteroatoms. The first kappa shape index (κ1) is 15.3. The fourth-order valence-corrected chi connectivity index (χ4v) is 1.28. The van der Waals surface area contributed by atoms with Crippen molar-refractivity contribution in [2.45, 2.75) is 46.1 Å². The zero-order chi connectivity index (χ0) is 12.9. The van der Waals surface area contributed by atoms with E-state index >= 15 is 0 Å². The molecule has 0 aliphatic rings. The maximum Gasteiger partial charge on any atom is 0.237 e. The van der Waals surface area contributed by atoms with E-state index in [2.05, 4.69) is 5.32 Å². The molecule has 0 saturated carbocycles. The van der Waals surface area contributed by atoms with Crippen LogP contribution < -0.4 is 11.1 Å². The van der Waals surface area contributed by atoms with Crippen LogP contribution in [0.4, 0.5) is 0 Å². The van der Waals surface area contributed by atoms with Gasteiger partial charge in [0.15, 0.2) is 6.29 Å². The number of methoxy groups -OCH3 is 2. The van der Waals surface area contributed by atoms with E-state index in [-0.39, 0.29) is 17.4 Å². The number of carbonyl (C=O) groups excluding carboxylic acids is 1. The molecule has 16 heavy (non-hydrogen) atoms. The van der Waals surface area contributed by atoms with Gasteiger partial charge >= 0.3 is 0 Å². The molecule has 0 aromatic carbocycles. The predicted octanol–water partition coefficient (Wildman–Crippen LogP) is 0.483.